The van der Waals surface area contributed by atoms with Crippen LogP contribution in [0.1, 0.15) is 17.0 Å². The standard InChI is InChI=1S/C11H21N3OS/c1-9-10(2)16-11(13-9)14(6-4-5-12)7-8-15-3/h4-8,12H2,1-3H3. The molecule has 0 aliphatic rings. The maximum absolute atomic E-state index is 5.54. The van der Waals surface area contributed by atoms with Crippen molar-refractivity contribution in [3.8, 4) is 0 Å². The first-order chi connectivity index (χ1) is 7.69. The monoisotopic (exact) mass is 243 g/mol. The molecule has 0 saturated heterocycles. The largest absolute Gasteiger partial charge is 0.383 e. The van der Waals surface area contributed by atoms with Gasteiger partial charge in [0.15, 0.2) is 5.13 Å². The minimum Gasteiger partial charge on any atom is -0.383 e. The Kier molecular flexibility index (Phi) is 5.73. The predicted molar refractivity (Wildman–Crippen MR) is 69.3 cm³/mol. The number of nitrogens with two attached hydrogens (primary N) is 1. The molecule has 0 aliphatic carbocycles. The van der Waals surface area contributed by atoms with Crippen molar-refractivity contribution in [3.05, 3.63) is 10.6 Å². The molecule has 0 saturated carbocycles. The Hall–Kier alpha value is -0.650. The molecule has 2 N–H and O–H groups in total. The molecule has 0 aromatic carbocycles. The average Bonchev–Trinajstić information content (AvgIpc) is 2.59. The van der Waals surface area contributed by atoms with Crippen LogP contribution in [-0.2, 0) is 4.74 Å². The third-order valence-corrected chi connectivity index (χ3v) is 3.62. The van der Waals surface area contributed by atoms with E-state index in [-0.39, 0.29) is 0 Å². The fourth-order valence-corrected chi connectivity index (χ4v) is 2.34. The van der Waals surface area contributed by atoms with Crippen LogP contribution < -0.4 is 10.6 Å². The number of thiazole rings is 1. The van der Waals surface area contributed by atoms with Gasteiger partial charge in [-0.15, -0.1) is 11.3 Å². The summed E-state index contributed by atoms with van der Waals surface area (Å²) in [6, 6.07) is 0. The number of hydrogen-bond acceptors (Lipinski definition) is 5. The van der Waals surface area contributed by atoms with Crippen molar-refractivity contribution in [2.24, 2.45) is 5.73 Å². The van der Waals surface area contributed by atoms with E-state index in [1.807, 2.05) is 6.92 Å². The zero-order valence-electron chi connectivity index (χ0n) is 10.3. The van der Waals surface area contributed by atoms with Gasteiger partial charge in [0.05, 0.1) is 12.3 Å². The summed E-state index contributed by atoms with van der Waals surface area (Å²) in [6.45, 7) is 7.42. The topological polar surface area (TPSA) is 51.4 Å². The second-order valence-corrected chi connectivity index (χ2v) is 4.94. The van der Waals surface area contributed by atoms with Crippen molar-refractivity contribution in [1.29, 1.82) is 0 Å². The predicted octanol–water partition coefficient (Wildman–Crippen LogP) is 1.56. The van der Waals surface area contributed by atoms with E-state index in [9.17, 15) is 0 Å². The summed E-state index contributed by atoms with van der Waals surface area (Å²) >= 11 is 1.74. The summed E-state index contributed by atoms with van der Waals surface area (Å²) in [4.78, 5) is 8.10. The number of aryl methyl sites for hydroxylation is 2. The van der Waals surface area contributed by atoms with Gasteiger partial charge in [-0.2, -0.15) is 0 Å². The first kappa shape index (κ1) is 13.4. The molecular formula is C11H21N3OS. The van der Waals surface area contributed by atoms with Crippen LogP contribution in [0.5, 0.6) is 0 Å². The molecule has 0 spiro atoms. The van der Waals surface area contributed by atoms with E-state index >= 15 is 0 Å². The highest BCUT2D eigenvalue weighted by atomic mass is 32.1. The number of nitrogens with zero attached hydrogens (tertiary/aromatic N) is 2. The van der Waals surface area contributed by atoms with E-state index in [4.69, 9.17) is 10.5 Å². The first-order valence-corrected chi connectivity index (χ1v) is 6.38. The summed E-state index contributed by atoms with van der Waals surface area (Å²) in [5.41, 5.74) is 6.66. The molecule has 1 aromatic rings. The quantitative estimate of drug-likeness (QED) is 0.789. The number of methoxy groups -OCH3 is 1. The minimum absolute atomic E-state index is 0.715. The highest BCUT2D eigenvalue weighted by molar-refractivity contribution is 7.15. The van der Waals surface area contributed by atoms with E-state index in [2.05, 4.69) is 16.8 Å². The van der Waals surface area contributed by atoms with Crippen molar-refractivity contribution in [3.63, 3.8) is 0 Å². The molecule has 0 bridgehead atoms. The number of anilines is 1. The van der Waals surface area contributed by atoms with Crippen molar-refractivity contribution in [2.45, 2.75) is 20.3 Å². The lowest BCUT2D eigenvalue weighted by Gasteiger charge is -2.20. The highest BCUT2D eigenvalue weighted by Gasteiger charge is 2.11. The maximum Gasteiger partial charge on any atom is 0.185 e. The maximum atomic E-state index is 5.54. The number of hydrogen-bond donors (Lipinski definition) is 1. The number of ether oxygens (including phenoxy) is 1. The Morgan fingerprint density at radius 2 is 2.12 bits per heavy atom. The van der Waals surface area contributed by atoms with Crippen LogP contribution in [0.25, 0.3) is 0 Å². The Morgan fingerprint density at radius 3 is 2.62 bits per heavy atom. The Morgan fingerprint density at radius 1 is 1.38 bits per heavy atom. The third kappa shape index (κ3) is 3.73. The molecule has 0 fully saturated rings. The van der Waals surface area contributed by atoms with Gasteiger partial charge in [-0.3, -0.25) is 0 Å². The van der Waals surface area contributed by atoms with Gasteiger partial charge in [-0.25, -0.2) is 4.98 Å². The van der Waals surface area contributed by atoms with Crippen molar-refractivity contribution in [1.82, 2.24) is 4.98 Å². The molecule has 5 heteroatoms. The number of rotatable bonds is 7. The summed E-state index contributed by atoms with van der Waals surface area (Å²) in [6.07, 6.45) is 0.987. The van der Waals surface area contributed by atoms with E-state index < -0.39 is 0 Å². The van der Waals surface area contributed by atoms with Gasteiger partial charge in [-0.1, -0.05) is 0 Å². The lowest BCUT2D eigenvalue weighted by atomic mass is 10.4. The molecule has 4 nitrogen and oxygen atoms in total. The molecule has 16 heavy (non-hydrogen) atoms. The van der Waals surface area contributed by atoms with E-state index in [1.54, 1.807) is 18.4 Å². The molecule has 0 atom stereocenters. The fourth-order valence-electron chi connectivity index (χ4n) is 1.38. The minimum atomic E-state index is 0.715. The van der Waals surface area contributed by atoms with E-state index in [0.29, 0.717) is 6.54 Å². The van der Waals surface area contributed by atoms with Gasteiger partial charge in [0.25, 0.3) is 0 Å². The van der Waals surface area contributed by atoms with E-state index in [1.165, 1.54) is 4.88 Å². The third-order valence-electron chi connectivity index (χ3n) is 2.49. The summed E-state index contributed by atoms with van der Waals surface area (Å²) < 4.78 is 5.11. The highest BCUT2D eigenvalue weighted by Crippen LogP contribution is 2.24. The van der Waals surface area contributed by atoms with Gasteiger partial charge in [0.1, 0.15) is 0 Å². The van der Waals surface area contributed by atoms with Gasteiger partial charge in [0, 0.05) is 25.1 Å². The Labute approximate surface area is 101 Å². The van der Waals surface area contributed by atoms with Gasteiger partial charge in [-0.05, 0) is 26.8 Å². The smallest absolute Gasteiger partial charge is 0.185 e. The average molecular weight is 243 g/mol. The molecule has 0 unspecified atom stereocenters. The van der Waals surface area contributed by atoms with Crippen LogP contribution in [0.2, 0.25) is 0 Å². The summed E-state index contributed by atoms with van der Waals surface area (Å²) in [5.74, 6) is 0. The van der Waals surface area contributed by atoms with Gasteiger partial charge >= 0.3 is 0 Å². The normalized spacial score (nSPS) is 10.8. The SMILES string of the molecule is COCCN(CCCN)c1nc(C)c(C)s1. The zero-order valence-corrected chi connectivity index (χ0v) is 11.1. The molecule has 1 rings (SSSR count). The van der Waals surface area contributed by atoms with Crippen LogP contribution in [0.4, 0.5) is 5.13 Å². The Bertz CT molecular complexity index is 287. The van der Waals surface area contributed by atoms with Crippen molar-refractivity contribution < 1.29 is 4.74 Å². The first-order valence-electron chi connectivity index (χ1n) is 5.57. The molecule has 0 amide bonds. The van der Waals surface area contributed by atoms with Crippen molar-refractivity contribution >= 4 is 16.5 Å². The van der Waals surface area contributed by atoms with Crippen molar-refractivity contribution in [2.75, 3.05) is 38.3 Å². The second-order valence-electron chi connectivity index (χ2n) is 3.76. The van der Waals surface area contributed by atoms with Crippen LogP contribution in [0.3, 0.4) is 0 Å². The molecular weight excluding hydrogens is 222 g/mol. The molecule has 1 heterocycles. The van der Waals surface area contributed by atoms with Crippen LogP contribution in [0.15, 0.2) is 0 Å². The lowest BCUT2D eigenvalue weighted by molar-refractivity contribution is 0.205. The Balaban J connectivity index is 2.66. The molecule has 0 radical (unpaired) electrons. The van der Waals surface area contributed by atoms with Crippen LogP contribution in [0, 0.1) is 13.8 Å². The second kappa shape index (κ2) is 6.83. The summed E-state index contributed by atoms with van der Waals surface area (Å²) in [7, 11) is 1.72. The van der Waals surface area contributed by atoms with Gasteiger partial charge in [0.2, 0.25) is 0 Å². The van der Waals surface area contributed by atoms with Gasteiger partial charge < -0.3 is 15.4 Å². The molecule has 1 aromatic heterocycles. The zero-order chi connectivity index (χ0) is 12.0. The summed E-state index contributed by atoms with van der Waals surface area (Å²) in [5, 5.41) is 1.08. The van der Waals surface area contributed by atoms with Crippen LogP contribution >= 0.6 is 11.3 Å². The lowest BCUT2D eigenvalue weighted by Crippen LogP contribution is -2.29. The molecule has 0 aliphatic heterocycles. The number of aromatic nitrogens is 1. The van der Waals surface area contributed by atoms with Crippen LogP contribution in [-0.4, -0.2) is 38.3 Å². The molecule has 92 valence electrons. The fraction of sp³-hybridized carbons (Fsp3) is 0.727. The van der Waals surface area contributed by atoms with E-state index in [0.717, 1.165) is 36.9 Å².